The normalized spacial score (nSPS) is 12.1. The highest BCUT2D eigenvalue weighted by Gasteiger charge is 2.13. The molecule has 0 saturated heterocycles. The first-order chi connectivity index (χ1) is 10.7. The fraction of sp³-hybridized carbons (Fsp3) is 0.100. The van der Waals surface area contributed by atoms with Gasteiger partial charge in [0.05, 0.1) is 0 Å². The minimum absolute atomic E-state index is 0.247. The molecule has 0 aliphatic rings. The van der Waals surface area contributed by atoms with Gasteiger partial charge in [-0.2, -0.15) is 0 Å². The summed E-state index contributed by atoms with van der Waals surface area (Å²) < 4.78 is 14.2. The molecule has 0 aliphatic carbocycles. The third-order valence-corrected chi connectivity index (χ3v) is 3.80. The Bertz CT molecular complexity index is 738. The molecule has 0 saturated carbocycles. The number of hydrogen-bond acceptors (Lipinski definition) is 1. The van der Waals surface area contributed by atoms with Gasteiger partial charge in [0.25, 0.3) is 0 Å². The van der Waals surface area contributed by atoms with Gasteiger partial charge in [0.1, 0.15) is 5.82 Å². The van der Waals surface area contributed by atoms with Crippen molar-refractivity contribution in [2.75, 3.05) is 0 Å². The van der Waals surface area contributed by atoms with Crippen LogP contribution in [0.25, 0.3) is 11.1 Å². The molecule has 1 nitrogen and oxygen atoms in total. The molecule has 3 aromatic rings. The summed E-state index contributed by atoms with van der Waals surface area (Å²) in [5.41, 5.74) is 9.96. The van der Waals surface area contributed by atoms with Gasteiger partial charge in [-0.15, -0.1) is 0 Å². The second-order valence-electron chi connectivity index (χ2n) is 5.40. The molecule has 2 N–H and O–H groups in total. The lowest BCUT2D eigenvalue weighted by atomic mass is 9.95. The molecule has 0 aromatic heterocycles. The van der Waals surface area contributed by atoms with Gasteiger partial charge in [-0.05, 0) is 35.2 Å². The lowest BCUT2D eigenvalue weighted by Crippen LogP contribution is -2.15. The Labute approximate surface area is 130 Å². The highest BCUT2D eigenvalue weighted by Crippen LogP contribution is 2.26. The molecule has 3 rings (SSSR count). The summed E-state index contributed by atoms with van der Waals surface area (Å²) in [6.07, 6.45) is 0.621. The van der Waals surface area contributed by atoms with Crippen molar-refractivity contribution < 1.29 is 4.39 Å². The average molecular weight is 291 g/mol. The van der Waals surface area contributed by atoms with E-state index in [0.717, 1.165) is 16.7 Å². The van der Waals surface area contributed by atoms with Crippen LogP contribution in [0, 0.1) is 5.82 Å². The molecule has 1 atom stereocenters. The van der Waals surface area contributed by atoms with Gasteiger partial charge in [-0.3, -0.25) is 0 Å². The minimum Gasteiger partial charge on any atom is -0.324 e. The maximum absolute atomic E-state index is 14.2. The molecule has 0 bridgehead atoms. The van der Waals surface area contributed by atoms with Crippen molar-refractivity contribution in [1.29, 1.82) is 0 Å². The minimum atomic E-state index is -0.355. The van der Waals surface area contributed by atoms with Gasteiger partial charge in [-0.25, -0.2) is 4.39 Å². The van der Waals surface area contributed by atoms with Crippen LogP contribution < -0.4 is 5.73 Å². The Balaban J connectivity index is 1.90. The fourth-order valence-corrected chi connectivity index (χ4v) is 2.62. The standard InChI is InChI=1S/C20H18FN/c21-19-12-11-17(16-9-5-2-6-10-16)14-18(19)20(22)13-15-7-3-1-4-8-15/h1-12,14,20H,13,22H2. The number of halogens is 1. The van der Waals surface area contributed by atoms with Gasteiger partial charge >= 0.3 is 0 Å². The van der Waals surface area contributed by atoms with E-state index in [9.17, 15) is 4.39 Å². The molecule has 22 heavy (non-hydrogen) atoms. The quantitative estimate of drug-likeness (QED) is 0.738. The highest BCUT2D eigenvalue weighted by atomic mass is 19.1. The molecule has 110 valence electrons. The topological polar surface area (TPSA) is 26.0 Å². The van der Waals surface area contributed by atoms with Crippen molar-refractivity contribution in [2.24, 2.45) is 5.73 Å². The molecule has 0 radical (unpaired) electrons. The van der Waals surface area contributed by atoms with Gasteiger partial charge in [0.15, 0.2) is 0 Å². The first-order valence-corrected chi connectivity index (χ1v) is 7.38. The van der Waals surface area contributed by atoms with Crippen molar-refractivity contribution in [3.05, 3.63) is 95.8 Å². The molecular weight excluding hydrogens is 273 g/mol. The Hall–Kier alpha value is -2.45. The van der Waals surface area contributed by atoms with E-state index in [1.807, 2.05) is 66.7 Å². The zero-order chi connectivity index (χ0) is 15.4. The summed E-state index contributed by atoms with van der Waals surface area (Å²) in [5, 5.41) is 0. The molecule has 0 aliphatic heterocycles. The smallest absolute Gasteiger partial charge is 0.128 e. The van der Waals surface area contributed by atoms with Gasteiger partial charge in [0.2, 0.25) is 0 Å². The van der Waals surface area contributed by atoms with Crippen molar-refractivity contribution in [1.82, 2.24) is 0 Å². The van der Waals surface area contributed by atoms with E-state index in [1.54, 1.807) is 6.07 Å². The van der Waals surface area contributed by atoms with Crippen LogP contribution in [-0.4, -0.2) is 0 Å². The molecule has 0 fully saturated rings. The maximum atomic E-state index is 14.2. The zero-order valence-electron chi connectivity index (χ0n) is 12.2. The summed E-state index contributed by atoms with van der Waals surface area (Å²) in [4.78, 5) is 0. The lowest BCUT2D eigenvalue weighted by Gasteiger charge is -2.15. The molecule has 1 unspecified atom stereocenters. The third kappa shape index (κ3) is 3.23. The first kappa shape index (κ1) is 14.5. The van der Waals surface area contributed by atoms with Crippen molar-refractivity contribution in [3.8, 4) is 11.1 Å². The van der Waals surface area contributed by atoms with E-state index in [1.165, 1.54) is 6.07 Å². The van der Waals surface area contributed by atoms with Crippen LogP contribution in [-0.2, 0) is 6.42 Å². The van der Waals surface area contributed by atoms with E-state index >= 15 is 0 Å². The van der Waals surface area contributed by atoms with Crippen molar-refractivity contribution >= 4 is 0 Å². The largest absolute Gasteiger partial charge is 0.324 e. The first-order valence-electron chi connectivity index (χ1n) is 7.38. The Morgan fingerprint density at radius 2 is 1.41 bits per heavy atom. The fourth-order valence-electron chi connectivity index (χ4n) is 2.62. The summed E-state index contributed by atoms with van der Waals surface area (Å²) in [5.74, 6) is -0.247. The SMILES string of the molecule is NC(Cc1ccccc1)c1cc(-c2ccccc2)ccc1F. The van der Waals surface area contributed by atoms with E-state index in [-0.39, 0.29) is 11.9 Å². The number of rotatable bonds is 4. The predicted molar refractivity (Wildman–Crippen MR) is 88.9 cm³/mol. The summed E-state index contributed by atoms with van der Waals surface area (Å²) >= 11 is 0. The number of benzene rings is 3. The van der Waals surface area contributed by atoms with Gasteiger partial charge < -0.3 is 5.73 Å². The maximum Gasteiger partial charge on any atom is 0.128 e. The van der Waals surface area contributed by atoms with E-state index in [0.29, 0.717) is 12.0 Å². The summed E-state index contributed by atoms with van der Waals surface area (Å²) in [6.45, 7) is 0. The van der Waals surface area contributed by atoms with Crippen LogP contribution in [0.5, 0.6) is 0 Å². The second-order valence-corrected chi connectivity index (χ2v) is 5.40. The average Bonchev–Trinajstić information content (AvgIpc) is 2.57. The van der Waals surface area contributed by atoms with Crippen LogP contribution in [0.15, 0.2) is 78.9 Å². The molecule has 3 aromatic carbocycles. The van der Waals surface area contributed by atoms with Crippen molar-refractivity contribution in [3.63, 3.8) is 0 Å². The van der Waals surface area contributed by atoms with E-state index in [4.69, 9.17) is 5.73 Å². The second kappa shape index (κ2) is 6.54. The molecule has 0 amide bonds. The van der Waals surface area contributed by atoms with Crippen LogP contribution in [0.1, 0.15) is 17.2 Å². The Kier molecular flexibility index (Phi) is 4.31. The zero-order valence-corrected chi connectivity index (χ0v) is 12.2. The van der Waals surface area contributed by atoms with Crippen LogP contribution in [0.2, 0.25) is 0 Å². The van der Waals surface area contributed by atoms with E-state index in [2.05, 4.69) is 0 Å². The highest BCUT2D eigenvalue weighted by molar-refractivity contribution is 5.64. The molecule has 0 spiro atoms. The van der Waals surface area contributed by atoms with E-state index < -0.39 is 0 Å². The monoisotopic (exact) mass is 291 g/mol. The van der Waals surface area contributed by atoms with Crippen molar-refractivity contribution in [2.45, 2.75) is 12.5 Å². The lowest BCUT2D eigenvalue weighted by molar-refractivity contribution is 0.580. The number of hydrogen-bond donors (Lipinski definition) is 1. The molecule has 0 heterocycles. The predicted octanol–water partition coefficient (Wildman–Crippen LogP) is 4.74. The summed E-state index contributed by atoms with van der Waals surface area (Å²) in [6, 6.07) is 24.7. The van der Waals surface area contributed by atoms with Crippen LogP contribution in [0.3, 0.4) is 0 Å². The van der Waals surface area contributed by atoms with Gasteiger partial charge in [-0.1, -0.05) is 66.7 Å². The van der Waals surface area contributed by atoms with Crippen LogP contribution >= 0.6 is 0 Å². The molecular formula is C20H18FN. The third-order valence-electron chi connectivity index (χ3n) is 3.80. The number of nitrogens with two attached hydrogens (primary N) is 1. The van der Waals surface area contributed by atoms with Gasteiger partial charge in [0, 0.05) is 11.6 Å². The Morgan fingerprint density at radius 1 is 0.773 bits per heavy atom. The molecule has 2 heteroatoms. The summed E-state index contributed by atoms with van der Waals surface area (Å²) in [7, 11) is 0. The Morgan fingerprint density at radius 3 is 2.09 bits per heavy atom. The van der Waals surface area contributed by atoms with Crippen LogP contribution in [0.4, 0.5) is 4.39 Å².